The Morgan fingerprint density at radius 2 is 1.32 bits per heavy atom. The summed E-state index contributed by atoms with van der Waals surface area (Å²) in [5.41, 5.74) is 0. The molecule has 0 atom stereocenters. The van der Waals surface area contributed by atoms with Crippen molar-refractivity contribution in [1.82, 2.24) is 0 Å². The van der Waals surface area contributed by atoms with E-state index in [2.05, 4.69) is 26.0 Å². The minimum Gasteiger partial charge on any atom is -0.378 e. The zero-order valence-electron chi connectivity index (χ0n) is 19.0. The van der Waals surface area contributed by atoms with Crippen molar-refractivity contribution >= 4 is 0 Å². The number of allylic oxidation sites excluding steroid dienone is 2. The molecule has 0 aromatic heterocycles. The molecule has 3 saturated carbocycles. The van der Waals surface area contributed by atoms with Gasteiger partial charge in [-0.1, -0.05) is 57.6 Å². The van der Waals surface area contributed by atoms with Crippen molar-refractivity contribution in [3.63, 3.8) is 0 Å². The second kappa shape index (κ2) is 12.4. The molecule has 1 heteroatoms. The van der Waals surface area contributed by atoms with Gasteiger partial charge in [-0.15, -0.1) is 0 Å². The van der Waals surface area contributed by atoms with Crippen LogP contribution in [0, 0.1) is 29.6 Å². The first kappa shape index (κ1) is 22.4. The van der Waals surface area contributed by atoms with E-state index in [-0.39, 0.29) is 0 Å². The maximum atomic E-state index is 6.37. The van der Waals surface area contributed by atoms with E-state index in [1.807, 2.05) is 0 Å². The zero-order valence-corrected chi connectivity index (χ0v) is 19.0. The molecule has 1 nitrogen and oxygen atoms in total. The van der Waals surface area contributed by atoms with Crippen LogP contribution in [0.5, 0.6) is 0 Å². The molecule has 0 aromatic rings. The maximum absolute atomic E-state index is 6.37. The van der Waals surface area contributed by atoms with Gasteiger partial charge in [0.05, 0.1) is 6.10 Å². The van der Waals surface area contributed by atoms with Crippen LogP contribution in [0.3, 0.4) is 0 Å². The fraction of sp³-hybridized carbons (Fsp3) is 0.926. The fourth-order valence-electron chi connectivity index (χ4n) is 6.45. The number of hydrogen-bond donors (Lipinski definition) is 0. The van der Waals surface area contributed by atoms with Gasteiger partial charge in [-0.25, -0.2) is 0 Å². The molecule has 3 aliphatic rings. The maximum Gasteiger partial charge on any atom is 0.0575 e. The van der Waals surface area contributed by atoms with Crippen LogP contribution < -0.4 is 0 Å². The molecule has 0 unspecified atom stereocenters. The molecule has 0 spiro atoms. The van der Waals surface area contributed by atoms with Gasteiger partial charge in [0.2, 0.25) is 0 Å². The minimum absolute atomic E-state index is 0.558. The highest BCUT2D eigenvalue weighted by molar-refractivity contribution is 4.89. The van der Waals surface area contributed by atoms with Gasteiger partial charge in [0.15, 0.2) is 0 Å². The standard InChI is InChI=1S/C27H48O/c1-3-5-6-8-23-9-15-25(16-10-23)26-17-11-24(12-18-26)21-28-27-19-13-22(7-4-2)14-20-27/h4,7,22-27H,3,5-6,8-21H2,1-2H3. The summed E-state index contributed by atoms with van der Waals surface area (Å²) < 4.78 is 6.37. The van der Waals surface area contributed by atoms with E-state index < -0.39 is 0 Å². The van der Waals surface area contributed by atoms with Gasteiger partial charge in [0, 0.05) is 6.61 Å². The first-order valence-electron chi connectivity index (χ1n) is 13.0. The van der Waals surface area contributed by atoms with E-state index in [1.54, 1.807) is 0 Å². The van der Waals surface area contributed by atoms with Crippen molar-refractivity contribution in [1.29, 1.82) is 0 Å². The van der Waals surface area contributed by atoms with E-state index in [0.29, 0.717) is 6.10 Å². The van der Waals surface area contributed by atoms with Crippen LogP contribution in [0.4, 0.5) is 0 Å². The molecule has 3 rings (SSSR count). The lowest BCUT2D eigenvalue weighted by Gasteiger charge is -2.38. The van der Waals surface area contributed by atoms with Crippen LogP contribution in [0.2, 0.25) is 0 Å². The summed E-state index contributed by atoms with van der Waals surface area (Å²) in [5, 5.41) is 0. The van der Waals surface area contributed by atoms with Gasteiger partial charge in [-0.05, 0) is 101 Å². The third-order valence-electron chi connectivity index (χ3n) is 8.42. The molecule has 0 N–H and O–H groups in total. The Hall–Kier alpha value is -0.300. The number of rotatable bonds is 9. The van der Waals surface area contributed by atoms with Crippen molar-refractivity contribution in [3.05, 3.63) is 12.2 Å². The highest BCUT2D eigenvalue weighted by Gasteiger charge is 2.31. The van der Waals surface area contributed by atoms with Crippen molar-refractivity contribution in [2.45, 2.75) is 123 Å². The first-order valence-corrected chi connectivity index (χ1v) is 13.0. The average Bonchev–Trinajstić information content (AvgIpc) is 2.75. The van der Waals surface area contributed by atoms with Crippen molar-refractivity contribution in [2.75, 3.05) is 6.61 Å². The largest absolute Gasteiger partial charge is 0.378 e. The Balaban J connectivity index is 1.26. The van der Waals surface area contributed by atoms with Crippen LogP contribution in [-0.4, -0.2) is 12.7 Å². The second-order valence-electron chi connectivity index (χ2n) is 10.5. The molecule has 28 heavy (non-hydrogen) atoms. The molecule has 3 aliphatic carbocycles. The van der Waals surface area contributed by atoms with E-state index in [0.717, 1.165) is 36.2 Å². The van der Waals surface area contributed by atoms with Crippen molar-refractivity contribution in [3.8, 4) is 0 Å². The Morgan fingerprint density at radius 3 is 1.89 bits per heavy atom. The van der Waals surface area contributed by atoms with Crippen LogP contribution >= 0.6 is 0 Å². The summed E-state index contributed by atoms with van der Waals surface area (Å²) in [5.74, 6) is 4.85. The predicted molar refractivity (Wildman–Crippen MR) is 122 cm³/mol. The molecule has 0 amide bonds. The first-order chi connectivity index (χ1) is 13.8. The zero-order chi connectivity index (χ0) is 19.6. The SMILES string of the molecule is CC=CC1CCC(OCC2CCC(C3CCC(CCCCC)CC3)CC2)CC1. The molecule has 0 heterocycles. The quantitative estimate of drug-likeness (QED) is 0.285. The smallest absolute Gasteiger partial charge is 0.0575 e. The molecule has 3 fully saturated rings. The highest BCUT2D eigenvalue weighted by atomic mass is 16.5. The van der Waals surface area contributed by atoms with E-state index >= 15 is 0 Å². The Labute approximate surface area is 176 Å². The lowest BCUT2D eigenvalue weighted by Crippen LogP contribution is -2.29. The van der Waals surface area contributed by atoms with Gasteiger partial charge in [-0.2, -0.15) is 0 Å². The Bertz CT molecular complexity index is 418. The molecule has 162 valence electrons. The van der Waals surface area contributed by atoms with Crippen LogP contribution in [0.25, 0.3) is 0 Å². The highest BCUT2D eigenvalue weighted by Crippen LogP contribution is 2.42. The van der Waals surface area contributed by atoms with Gasteiger partial charge < -0.3 is 4.74 Å². The summed E-state index contributed by atoms with van der Waals surface area (Å²) in [6, 6.07) is 0. The molecular formula is C27H48O. The summed E-state index contributed by atoms with van der Waals surface area (Å²) >= 11 is 0. The number of unbranched alkanes of at least 4 members (excludes halogenated alkanes) is 2. The summed E-state index contributed by atoms with van der Waals surface area (Å²) in [6.07, 6.45) is 28.3. The molecule has 0 bridgehead atoms. The Morgan fingerprint density at radius 1 is 0.714 bits per heavy atom. The van der Waals surface area contributed by atoms with Gasteiger partial charge in [0.25, 0.3) is 0 Å². The molecular weight excluding hydrogens is 340 g/mol. The van der Waals surface area contributed by atoms with E-state index in [9.17, 15) is 0 Å². The topological polar surface area (TPSA) is 9.23 Å². The van der Waals surface area contributed by atoms with Gasteiger partial charge in [-0.3, -0.25) is 0 Å². The van der Waals surface area contributed by atoms with E-state index in [4.69, 9.17) is 4.74 Å². The van der Waals surface area contributed by atoms with Crippen molar-refractivity contribution in [2.24, 2.45) is 29.6 Å². The lowest BCUT2D eigenvalue weighted by molar-refractivity contribution is -0.00945. The van der Waals surface area contributed by atoms with E-state index in [1.165, 1.54) is 103 Å². The summed E-state index contributed by atoms with van der Waals surface area (Å²) in [6.45, 7) is 5.53. The second-order valence-corrected chi connectivity index (χ2v) is 10.5. The Kier molecular flexibility index (Phi) is 9.92. The number of hydrogen-bond acceptors (Lipinski definition) is 1. The van der Waals surface area contributed by atoms with Crippen LogP contribution in [-0.2, 0) is 4.74 Å². The minimum atomic E-state index is 0.558. The monoisotopic (exact) mass is 388 g/mol. The third-order valence-corrected chi connectivity index (χ3v) is 8.42. The fourth-order valence-corrected chi connectivity index (χ4v) is 6.45. The molecule has 0 radical (unpaired) electrons. The molecule has 0 aliphatic heterocycles. The van der Waals surface area contributed by atoms with Crippen LogP contribution in [0.15, 0.2) is 12.2 Å². The molecule has 0 aromatic carbocycles. The number of ether oxygens (including phenoxy) is 1. The predicted octanol–water partition coefficient (Wildman–Crippen LogP) is 8.33. The molecule has 0 saturated heterocycles. The van der Waals surface area contributed by atoms with Crippen molar-refractivity contribution < 1.29 is 4.74 Å². The average molecular weight is 389 g/mol. The van der Waals surface area contributed by atoms with Gasteiger partial charge >= 0.3 is 0 Å². The lowest BCUT2D eigenvalue weighted by atomic mass is 9.69. The summed E-state index contributed by atoms with van der Waals surface area (Å²) in [7, 11) is 0. The van der Waals surface area contributed by atoms with Crippen LogP contribution in [0.1, 0.15) is 117 Å². The summed E-state index contributed by atoms with van der Waals surface area (Å²) in [4.78, 5) is 0. The third kappa shape index (κ3) is 7.19. The normalized spacial score (nSPS) is 37.4. The van der Waals surface area contributed by atoms with Gasteiger partial charge in [0.1, 0.15) is 0 Å².